The quantitative estimate of drug-likeness (QED) is 0.905. The van der Waals surface area contributed by atoms with Crippen molar-refractivity contribution in [1.29, 1.82) is 0 Å². The van der Waals surface area contributed by atoms with Crippen LogP contribution in [0.3, 0.4) is 0 Å². The van der Waals surface area contributed by atoms with Crippen LogP contribution in [0.25, 0.3) is 0 Å². The summed E-state index contributed by atoms with van der Waals surface area (Å²) in [5, 5.41) is 2.16. The van der Waals surface area contributed by atoms with E-state index in [1.165, 1.54) is 16.1 Å². The second-order valence-electron chi connectivity index (χ2n) is 5.11. The van der Waals surface area contributed by atoms with E-state index in [-0.39, 0.29) is 0 Å². The van der Waals surface area contributed by atoms with Crippen molar-refractivity contribution >= 4 is 17.0 Å². The van der Waals surface area contributed by atoms with Crippen LogP contribution in [0.5, 0.6) is 0 Å². The first kappa shape index (κ1) is 12.7. The van der Waals surface area contributed by atoms with E-state index in [0.29, 0.717) is 5.92 Å². The first-order chi connectivity index (χ1) is 9.38. The van der Waals surface area contributed by atoms with E-state index in [1.807, 2.05) is 11.3 Å². The van der Waals surface area contributed by atoms with Crippen molar-refractivity contribution in [2.45, 2.75) is 18.8 Å². The smallest absolute Gasteiger partial charge is 0.0402 e. The zero-order chi connectivity index (χ0) is 13.1. The van der Waals surface area contributed by atoms with Gasteiger partial charge in [-0.05, 0) is 42.5 Å². The first-order valence-electron chi connectivity index (χ1n) is 6.95. The van der Waals surface area contributed by atoms with Crippen molar-refractivity contribution in [2.24, 2.45) is 5.73 Å². The van der Waals surface area contributed by atoms with Crippen molar-refractivity contribution in [1.82, 2.24) is 0 Å². The van der Waals surface area contributed by atoms with E-state index in [0.717, 1.165) is 32.5 Å². The van der Waals surface area contributed by atoms with E-state index in [4.69, 9.17) is 5.73 Å². The molecule has 0 spiro atoms. The molecule has 100 valence electrons. The molecule has 1 unspecified atom stereocenters. The Morgan fingerprint density at radius 3 is 2.89 bits per heavy atom. The highest BCUT2D eigenvalue weighted by atomic mass is 32.1. The van der Waals surface area contributed by atoms with Crippen LogP contribution >= 0.6 is 11.3 Å². The SMILES string of the molecule is NCCC1CN(CCc2cccs2)c2ccccc21. The van der Waals surface area contributed by atoms with Crippen LogP contribution in [0, 0.1) is 0 Å². The van der Waals surface area contributed by atoms with Gasteiger partial charge in [-0.3, -0.25) is 0 Å². The van der Waals surface area contributed by atoms with E-state index in [2.05, 4.69) is 46.7 Å². The molecular weight excluding hydrogens is 252 g/mol. The fourth-order valence-corrected chi connectivity index (χ4v) is 3.64. The standard InChI is InChI=1S/C16H20N2S/c17-9-7-13-12-18(10-8-14-4-3-11-19-14)16-6-2-1-5-15(13)16/h1-6,11,13H,7-10,12,17H2. The van der Waals surface area contributed by atoms with Gasteiger partial charge in [-0.2, -0.15) is 0 Å². The Bertz CT molecular complexity index is 521. The van der Waals surface area contributed by atoms with Gasteiger partial charge in [0.25, 0.3) is 0 Å². The Kier molecular flexibility index (Phi) is 3.85. The summed E-state index contributed by atoms with van der Waals surface area (Å²) in [5.41, 5.74) is 8.64. The molecule has 0 saturated carbocycles. The van der Waals surface area contributed by atoms with Crippen molar-refractivity contribution < 1.29 is 0 Å². The van der Waals surface area contributed by atoms with Gasteiger partial charge in [0.1, 0.15) is 0 Å². The van der Waals surface area contributed by atoms with Gasteiger partial charge in [0.15, 0.2) is 0 Å². The molecule has 19 heavy (non-hydrogen) atoms. The highest BCUT2D eigenvalue weighted by Gasteiger charge is 2.27. The number of benzene rings is 1. The van der Waals surface area contributed by atoms with Crippen LogP contribution in [0.2, 0.25) is 0 Å². The summed E-state index contributed by atoms with van der Waals surface area (Å²) in [7, 11) is 0. The topological polar surface area (TPSA) is 29.3 Å². The Balaban J connectivity index is 1.73. The number of nitrogens with two attached hydrogens (primary N) is 1. The Hall–Kier alpha value is -1.32. The third-order valence-electron chi connectivity index (χ3n) is 3.88. The highest BCUT2D eigenvalue weighted by Crippen LogP contribution is 2.37. The number of nitrogens with zero attached hydrogens (tertiary/aromatic N) is 1. The second kappa shape index (κ2) is 5.76. The largest absolute Gasteiger partial charge is 0.370 e. The molecule has 0 radical (unpaired) electrons. The van der Waals surface area contributed by atoms with E-state index >= 15 is 0 Å². The zero-order valence-corrected chi connectivity index (χ0v) is 11.9. The van der Waals surface area contributed by atoms with Crippen molar-refractivity contribution in [3.8, 4) is 0 Å². The van der Waals surface area contributed by atoms with Gasteiger partial charge in [-0.1, -0.05) is 24.3 Å². The Morgan fingerprint density at radius 2 is 2.11 bits per heavy atom. The second-order valence-corrected chi connectivity index (χ2v) is 6.14. The fourth-order valence-electron chi connectivity index (χ4n) is 2.94. The van der Waals surface area contributed by atoms with Gasteiger partial charge in [0.05, 0.1) is 0 Å². The first-order valence-corrected chi connectivity index (χ1v) is 7.83. The molecule has 1 aromatic carbocycles. The van der Waals surface area contributed by atoms with Gasteiger partial charge >= 0.3 is 0 Å². The number of hydrogen-bond donors (Lipinski definition) is 1. The monoisotopic (exact) mass is 272 g/mol. The molecule has 2 aromatic rings. The summed E-state index contributed by atoms with van der Waals surface area (Å²) in [6.07, 6.45) is 2.23. The molecule has 1 aliphatic rings. The van der Waals surface area contributed by atoms with Crippen molar-refractivity contribution in [3.63, 3.8) is 0 Å². The Labute approximate surface area is 118 Å². The predicted molar refractivity (Wildman–Crippen MR) is 83.1 cm³/mol. The maximum atomic E-state index is 5.75. The van der Waals surface area contributed by atoms with Gasteiger partial charge in [0.2, 0.25) is 0 Å². The molecule has 1 atom stereocenters. The average molecular weight is 272 g/mol. The number of thiophene rings is 1. The minimum atomic E-state index is 0.615. The van der Waals surface area contributed by atoms with Crippen LogP contribution in [0.15, 0.2) is 41.8 Å². The van der Waals surface area contributed by atoms with Crippen LogP contribution < -0.4 is 10.6 Å². The Morgan fingerprint density at radius 1 is 1.21 bits per heavy atom. The molecule has 2 heterocycles. The highest BCUT2D eigenvalue weighted by molar-refractivity contribution is 7.09. The number of para-hydroxylation sites is 1. The summed E-state index contributed by atoms with van der Waals surface area (Å²) in [4.78, 5) is 4.00. The number of hydrogen-bond acceptors (Lipinski definition) is 3. The molecule has 0 aliphatic carbocycles. The summed E-state index contributed by atoms with van der Waals surface area (Å²) < 4.78 is 0. The number of rotatable bonds is 5. The molecule has 0 fully saturated rings. The third kappa shape index (κ3) is 2.67. The predicted octanol–water partition coefficient (Wildman–Crippen LogP) is 3.24. The normalized spacial score (nSPS) is 17.7. The minimum absolute atomic E-state index is 0.615. The lowest BCUT2D eigenvalue weighted by Gasteiger charge is -2.19. The molecule has 2 nitrogen and oxygen atoms in total. The molecule has 0 bridgehead atoms. The molecule has 3 rings (SSSR count). The molecule has 2 N–H and O–H groups in total. The maximum Gasteiger partial charge on any atom is 0.0402 e. The number of anilines is 1. The van der Waals surface area contributed by atoms with E-state index in [1.54, 1.807) is 0 Å². The zero-order valence-electron chi connectivity index (χ0n) is 11.1. The lowest BCUT2D eigenvalue weighted by Crippen LogP contribution is -2.24. The maximum absolute atomic E-state index is 5.75. The lowest BCUT2D eigenvalue weighted by molar-refractivity contribution is 0.644. The summed E-state index contributed by atoms with van der Waals surface area (Å²) in [5.74, 6) is 0.615. The van der Waals surface area contributed by atoms with Crippen LogP contribution in [-0.2, 0) is 6.42 Å². The molecule has 0 amide bonds. The summed E-state index contributed by atoms with van der Waals surface area (Å²) in [6.45, 7) is 3.01. The van der Waals surface area contributed by atoms with Gasteiger partial charge in [-0.25, -0.2) is 0 Å². The van der Waals surface area contributed by atoms with Gasteiger partial charge in [-0.15, -0.1) is 11.3 Å². The minimum Gasteiger partial charge on any atom is -0.370 e. The molecule has 3 heteroatoms. The molecular formula is C16H20N2S. The average Bonchev–Trinajstić information content (AvgIpc) is 3.06. The van der Waals surface area contributed by atoms with Gasteiger partial charge < -0.3 is 10.6 Å². The molecule has 1 aliphatic heterocycles. The third-order valence-corrected chi connectivity index (χ3v) is 4.82. The summed E-state index contributed by atoms with van der Waals surface area (Å²) in [6, 6.07) is 13.2. The lowest BCUT2D eigenvalue weighted by atomic mass is 9.98. The number of fused-ring (bicyclic) bond motifs is 1. The van der Waals surface area contributed by atoms with E-state index < -0.39 is 0 Å². The summed E-state index contributed by atoms with van der Waals surface area (Å²) >= 11 is 1.85. The molecule has 1 aromatic heterocycles. The van der Waals surface area contributed by atoms with Gasteiger partial charge in [0, 0.05) is 29.6 Å². The molecule has 0 saturated heterocycles. The van der Waals surface area contributed by atoms with Crippen LogP contribution in [0.1, 0.15) is 22.8 Å². The van der Waals surface area contributed by atoms with Crippen LogP contribution in [0.4, 0.5) is 5.69 Å². The van der Waals surface area contributed by atoms with Crippen molar-refractivity contribution in [2.75, 3.05) is 24.5 Å². The van der Waals surface area contributed by atoms with Crippen LogP contribution in [-0.4, -0.2) is 19.6 Å². The van der Waals surface area contributed by atoms with Crippen molar-refractivity contribution in [3.05, 3.63) is 52.2 Å². The fraction of sp³-hybridized carbons (Fsp3) is 0.375. The van der Waals surface area contributed by atoms with E-state index in [9.17, 15) is 0 Å².